The van der Waals surface area contributed by atoms with E-state index in [9.17, 15) is 0 Å². The van der Waals surface area contributed by atoms with Gasteiger partial charge in [-0.15, -0.1) is 0 Å². The molecule has 0 aliphatic carbocycles. The van der Waals surface area contributed by atoms with Crippen molar-refractivity contribution in [1.29, 1.82) is 0 Å². The molecule has 4 nitrogen and oxygen atoms in total. The van der Waals surface area contributed by atoms with Crippen molar-refractivity contribution in [3.8, 4) is 0 Å². The SMILES string of the molecule is c1cc(N2CCCN2)ncn1. The molecular formula is C7H10N4. The van der Waals surface area contributed by atoms with E-state index in [1.807, 2.05) is 11.1 Å². The van der Waals surface area contributed by atoms with Crippen LogP contribution in [0, 0.1) is 0 Å². The molecule has 1 aliphatic rings. The van der Waals surface area contributed by atoms with Crippen LogP contribution >= 0.6 is 0 Å². The fourth-order valence-electron chi connectivity index (χ4n) is 1.17. The average molecular weight is 150 g/mol. The zero-order valence-corrected chi connectivity index (χ0v) is 6.20. The third kappa shape index (κ3) is 1.30. The number of hydrogen-bond donors (Lipinski definition) is 1. The molecule has 0 unspecified atom stereocenters. The van der Waals surface area contributed by atoms with E-state index in [2.05, 4.69) is 15.4 Å². The van der Waals surface area contributed by atoms with Crippen LogP contribution in [-0.2, 0) is 0 Å². The normalized spacial score (nSPS) is 17.3. The van der Waals surface area contributed by atoms with Crippen LogP contribution in [0.2, 0.25) is 0 Å². The molecule has 0 radical (unpaired) electrons. The summed E-state index contributed by atoms with van der Waals surface area (Å²) >= 11 is 0. The minimum absolute atomic E-state index is 0.956. The molecule has 2 rings (SSSR count). The fourth-order valence-corrected chi connectivity index (χ4v) is 1.17. The monoisotopic (exact) mass is 150 g/mol. The molecule has 1 N–H and O–H groups in total. The zero-order chi connectivity index (χ0) is 7.52. The molecule has 4 heteroatoms. The Balaban J connectivity index is 2.16. The molecule has 0 spiro atoms. The van der Waals surface area contributed by atoms with E-state index in [0.717, 1.165) is 18.9 Å². The Labute approximate surface area is 65.2 Å². The third-order valence-electron chi connectivity index (χ3n) is 1.70. The van der Waals surface area contributed by atoms with Gasteiger partial charge in [0.15, 0.2) is 0 Å². The van der Waals surface area contributed by atoms with Crippen molar-refractivity contribution in [2.24, 2.45) is 0 Å². The lowest BCUT2D eigenvalue weighted by molar-refractivity contribution is 0.771. The van der Waals surface area contributed by atoms with Gasteiger partial charge in [0.1, 0.15) is 12.1 Å². The highest BCUT2D eigenvalue weighted by Gasteiger charge is 2.11. The molecule has 0 saturated carbocycles. The molecule has 11 heavy (non-hydrogen) atoms. The number of anilines is 1. The van der Waals surface area contributed by atoms with Gasteiger partial charge in [-0.3, -0.25) is 5.01 Å². The highest BCUT2D eigenvalue weighted by Crippen LogP contribution is 2.08. The van der Waals surface area contributed by atoms with Crippen LogP contribution in [0.15, 0.2) is 18.6 Å². The van der Waals surface area contributed by atoms with E-state index >= 15 is 0 Å². The summed E-state index contributed by atoms with van der Waals surface area (Å²) in [5.41, 5.74) is 3.22. The molecule has 1 fully saturated rings. The van der Waals surface area contributed by atoms with Gasteiger partial charge in [-0.2, -0.15) is 0 Å². The molecule has 1 aromatic rings. The lowest BCUT2D eigenvalue weighted by Gasteiger charge is -2.14. The van der Waals surface area contributed by atoms with Crippen LogP contribution in [0.5, 0.6) is 0 Å². The number of rotatable bonds is 1. The Morgan fingerprint density at radius 1 is 1.55 bits per heavy atom. The first-order valence-corrected chi connectivity index (χ1v) is 3.74. The van der Waals surface area contributed by atoms with Crippen LogP contribution in [0.25, 0.3) is 0 Å². The predicted octanol–water partition coefficient (Wildman–Crippen LogP) is 0.191. The Hall–Kier alpha value is -1.16. The molecule has 0 atom stereocenters. The highest BCUT2D eigenvalue weighted by molar-refractivity contribution is 5.35. The van der Waals surface area contributed by atoms with Gasteiger partial charge in [0, 0.05) is 25.4 Å². The van der Waals surface area contributed by atoms with Gasteiger partial charge >= 0.3 is 0 Å². The largest absolute Gasteiger partial charge is 0.292 e. The lowest BCUT2D eigenvalue weighted by atomic mass is 10.4. The smallest absolute Gasteiger partial charge is 0.146 e. The van der Waals surface area contributed by atoms with E-state index in [1.165, 1.54) is 6.42 Å². The van der Waals surface area contributed by atoms with Crippen molar-refractivity contribution in [2.45, 2.75) is 6.42 Å². The van der Waals surface area contributed by atoms with Gasteiger partial charge in [0.05, 0.1) is 0 Å². The Morgan fingerprint density at radius 2 is 2.55 bits per heavy atom. The number of nitrogens with one attached hydrogen (secondary N) is 1. The predicted molar refractivity (Wildman–Crippen MR) is 42.0 cm³/mol. The van der Waals surface area contributed by atoms with E-state index in [1.54, 1.807) is 12.5 Å². The summed E-state index contributed by atoms with van der Waals surface area (Å²) in [5.74, 6) is 0.956. The fraction of sp³-hybridized carbons (Fsp3) is 0.429. The van der Waals surface area contributed by atoms with Crippen molar-refractivity contribution in [2.75, 3.05) is 18.1 Å². The summed E-state index contributed by atoms with van der Waals surface area (Å²) in [4.78, 5) is 7.96. The molecule has 0 bridgehead atoms. The van der Waals surface area contributed by atoms with E-state index in [-0.39, 0.29) is 0 Å². The maximum Gasteiger partial charge on any atom is 0.146 e. The van der Waals surface area contributed by atoms with E-state index in [0.29, 0.717) is 0 Å². The van der Waals surface area contributed by atoms with Gasteiger partial charge in [-0.05, 0) is 6.42 Å². The minimum atomic E-state index is 0.956. The molecule has 1 saturated heterocycles. The average Bonchev–Trinajstić information content (AvgIpc) is 2.58. The van der Waals surface area contributed by atoms with Gasteiger partial charge in [0.2, 0.25) is 0 Å². The van der Waals surface area contributed by atoms with Crippen molar-refractivity contribution in [3.63, 3.8) is 0 Å². The van der Waals surface area contributed by atoms with Crippen molar-refractivity contribution < 1.29 is 0 Å². The summed E-state index contributed by atoms with van der Waals surface area (Å²) in [7, 11) is 0. The quantitative estimate of drug-likeness (QED) is 0.620. The molecule has 58 valence electrons. The molecule has 0 aromatic carbocycles. The van der Waals surface area contributed by atoms with Crippen LogP contribution in [0.3, 0.4) is 0 Å². The molecule has 1 aromatic heterocycles. The summed E-state index contributed by atoms with van der Waals surface area (Å²) in [6, 6.07) is 1.90. The summed E-state index contributed by atoms with van der Waals surface area (Å²) in [6.07, 6.45) is 4.50. The maximum atomic E-state index is 4.11. The second-order valence-electron chi connectivity index (χ2n) is 2.48. The summed E-state index contributed by atoms with van der Waals surface area (Å²) in [6.45, 7) is 2.08. The topological polar surface area (TPSA) is 41.0 Å². The van der Waals surface area contributed by atoms with Crippen LogP contribution < -0.4 is 10.4 Å². The van der Waals surface area contributed by atoms with Crippen LogP contribution in [0.4, 0.5) is 5.82 Å². The Kier molecular flexibility index (Phi) is 1.69. The zero-order valence-electron chi connectivity index (χ0n) is 6.20. The van der Waals surface area contributed by atoms with E-state index < -0.39 is 0 Å². The third-order valence-corrected chi connectivity index (χ3v) is 1.70. The minimum Gasteiger partial charge on any atom is -0.292 e. The lowest BCUT2D eigenvalue weighted by Crippen LogP contribution is -2.31. The molecule has 2 heterocycles. The van der Waals surface area contributed by atoms with Gasteiger partial charge in [-0.1, -0.05) is 0 Å². The molecule has 0 amide bonds. The van der Waals surface area contributed by atoms with Gasteiger partial charge in [0.25, 0.3) is 0 Å². The first-order chi connectivity index (χ1) is 5.47. The van der Waals surface area contributed by atoms with Crippen molar-refractivity contribution in [1.82, 2.24) is 15.4 Å². The number of hydrazine groups is 1. The van der Waals surface area contributed by atoms with Crippen molar-refractivity contribution >= 4 is 5.82 Å². The van der Waals surface area contributed by atoms with Crippen LogP contribution in [-0.4, -0.2) is 23.1 Å². The number of aromatic nitrogens is 2. The number of nitrogens with zero attached hydrogens (tertiary/aromatic N) is 3. The second-order valence-corrected chi connectivity index (χ2v) is 2.48. The van der Waals surface area contributed by atoms with Gasteiger partial charge < -0.3 is 0 Å². The van der Waals surface area contributed by atoms with Crippen LogP contribution in [0.1, 0.15) is 6.42 Å². The molecular weight excluding hydrogens is 140 g/mol. The van der Waals surface area contributed by atoms with E-state index in [4.69, 9.17) is 0 Å². The first kappa shape index (κ1) is 6.54. The van der Waals surface area contributed by atoms with Crippen molar-refractivity contribution in [3.05, 3.63) is 18.6 Å². The molecule has 1 aliphatic heterocycles. The standard InChI is InChI=1S/C7H10N4/c1-3-10-11(5-1)7-2-4-8-6-9-7/h2,4,6,10H,1,3,5H2. The Morgan fingerprint density at radius 3 is 3.18 bits per heavy atom. The summed E-state index contributed by atoms with van der Waals surface area (Å²) in [5, 5.41) is 2.04. The van der Waals surface area contributed by atoms with Gasteiger partial charge in [-0.25, -0.2) is 15.4 Å². The summed E-state index contributed by atoms with van der Waals surface area (Å²) < 4.78 is 0. The Bertz CT molecular complexity index is 217. The highest BCUT2D eigenvalue weighted by atomic mass is 15.5. The first-order valence-electron chi connectivity index (χ1n) is 3.74. The maximum absolute atomic E-state index is 4.11. The second kappa shape index (κ2) is 2.84. The number of hydrogen-bond acceptors (Lipinski definition) is 4.